The topological polar surface area (TPSA) is 90.6 Å². The van der Waals surface area contributed by atoms with Crippen LogP contribution in [0.5, 0.6) is 0 Å². The smallest absolute Gasteiger partial charge is 0.303 e. The Hall–Kier alpha value is -1.74. The van der Waals surface area contributed by atoms with Crippen molar-refractivity contribution in [2.24, 2.45) is 5.92 Å². The Kier molecular flexibility index (Phi) is 5.53. The first kappa shape index (κ1) is 18.1. The zero-order chi connectivity index (χ0) is 18.0. The first-order valence-electron chi connectivity index (χ1n) is 8.35. The minimum Gasteiger partial charge on any atom is -0.458 e. The predicted molar refractivity (Wildman–Crippen MR) is 95.4 cm³/mol. The van der Waals surface area contributed by atoms with Gasteiger partial charge in [0.15, 0.2) is 0 Å². The summed E-state index contributed by atoms with van der Waals surface area (Å²) in [6, 6.07) is -0.0874. The minimum absolute atomic E-state index is 0.0874. The highest BCUT2D eigenvalue weighted by atomic mass is 79.9. The number of imidazole rings is 1. The van der Waals surface area contributed by atoms with Gasteiger partial charge < -0.3 is 14.8 Å². The molecule has 1 aliphatic rings. The molecule has 0 aliphatic carbocycles. The number of hydrogen-bond acceptors (Lipinski definition) is 7. The van der Waals surface area contributed by atoms with E-state index in [0.29, 0.717) is 31.5 Å². The largest absolute Gasteiger partial charge is 0.458 e. The second-order valence-electron chi connectivity index (χ2n) is 6.56. The maximum atomic E-state index is 11.3. The molecule has 0 saturated carbocycles. The number of carbonyl (C=O) groups excluding carboxylic acids is 1. The van der Waals surface area contributed by atoms with Crippen LogP contribution in [-0.2, 0) is 20.7 Å². The second-order valence-corrected chi connectivity index (χ2v) is 7.31. The van der Waals surface area contributed by atoms with Gasteiger partial charge >= 0.3 is 5.97 Å². The van der Waals surface area contributed by atoms with Crippen LogP contribution >= 0.6 is 15.9 Å². The fourth-order valence-corrected chi connectivity index (χ4v) is 3.32. The van der Waals surface area contributed by atoms with Gasteiger partial charge in [-0.2, -0.15) is 0 Å². The van der Waals surface area contributed by atoms with E-state index in [-0.39, 0.29) is 18.1 Å². The molecular formula is C16H22BrN5O3. The van der Waals surface area contributed by atoms with Gasteiger partial charge in [-0.15, -0.1) is 5.10 Å². The summed E-state index contributed by atoms with van der Waals surface area (Å²) in [5, 5.41) is 7.85. The monoisotopic (exact) mass is 411 g/mol. The van der Waals surface area contributed by atoms with Gasteiger partial charge in [0.05, 0.1) is 18.8 Å². The molecule has 3 heterocycles. The van der Waals surface area contributed by atoms with Gasteiger partial charge in [-0.1, -0.05) is 13.8 Å². The van der Waals surface area contributed by atoms with Crippen molar-refractivity contribution < 1.29 is 14.3 Å². The van der Waals surface area contributed by atoms with Crippen molar-refractivity contribution in [3.63, 3.8) is 0 Å². The molecule has 0 bridgehead atoms. The summed E-state index contributed by atoms with van der Waals surface area (Å²) in [4.78, 5) is 20.2. The van der Waals surface area contributed by atoms with Crippen molar-refractivity contribution in [2.45, 2.75) is 45.8 Å². The lowest BCUT2D eigenvalue weighted by Gasteiger charge is -2.31. The van der Waals surface area contributed by atoms with E-state index >= 15 is 0 Å². The van der Waals surface area contributed by atoms with Crippen LogP contribution in [0.3, 0.4) is 0 Å². The molecule has 136 valence electrons. The lowest BCUT2D eigenvalue weighted by Crippen LogP contribution is -2.44. The molecule has 0 unspecified atom stereocenters. The molecule has 2 aromatic heterocycles. The molecule has 2 atom stereocenters. The predicted octanol–water partition coefficient (Wildman–Crippen LogP) is 2.22. The van der Waals surface area contributed by atoms with Crippen molar-refractivity contribution >= 4 is 33.4 Å². The number of nitrogens with one attached hydrogen (secondary N) is 1. The van der Waals surface area contributed by atoms with Gasteiger partial charge in [-0.25, -0.2) is 14.5 Å². The second kappa shape index (κ2) is 7.65. The van der Waals surface area contributed by atoms with Crippen molar-refractivity contribution in [3.8, 4) is 0 Å². The first-order chi connectivity index (χ1) is 11.9. The maximum absolute atomic E-state index is 11.3. The average Bonchev–Trinajstić information content (AvgIpc) is 2.84. The highest BCUT2D eigenvalue weighted by Crippen LogP contribution is 2.21. The molecule has 1 aliphatic heterocycles. The number of carbonyl (C=O) groups is 1. The van der Waals surface area contributed by atoms with Crippen LogP contribution in [0.15, 0.2) is 10.8 Å². The van der Waals surface area contributed by atoms with Crippen LogP contribution in [0, 0.1) is 5.92 Å². The van der Waals surface area contributed by atoms with Crippen LogP contribution in [0.4, 0.5) is 5.95 Å². The quantitative estimate of drug-likeness (QED) is 0.753. The van der Waals surface area contributed by atoms with E-state index in [1.54, 1.807) is 10.7 Å². The number of halogens is 1. The Morgan fingerprint density at radius 3 is 3.08 bits per heavy atom. The zero-order valence-electron chi connectivity index (χ0n) is 14.5. The third-order valence-corrected chi connectivity index (χ3v) is 4.53. The van der Waals surface area contributed by atoms with Crippen LogP contribution in [0.25, 0.3) is 5.52 Å². The van der Waals surface area contributed by atoms with Gasteiger partial charge in [0.2, 0.25) is 5.95 Å². The summed E-state index contributed by atoms with van der Waals surface area (Å²) in [5.74, 6) is 1.50. The first-order valence-corrected chi connectivity index (χ1v) is 9.15. The molecule has 25 heavy (non-hydrogen) atoms. The number of nitrogens with zero attached hydrogens (tertiary/aromatic N) is 4. The average molecular weight is 412 g/mol. The van der Waals surface area contributed by atoms with Crippen LogP contribution in [0.2, 0.25) is 0 Å². The molecule has 1 fully saturated rings. The molecule has 0 amide bonds. The number of esters is 1. The Labute approximate surface area is 154 Å². The number of hydrogen-bond donors (Lipinski definition) is 1. The molecule has 8 nitrogen and oxygen atoms in total. The van der Waals surface area contributed by atoms with Gasteiger partial charge in [0.1, 0.15) is 22.0 Å². The van der Waals surface area contributed by atoms with E-state index in [1.165, 1.54) is 6.92 Å². The van der Waals surface area contributed by atoms with Crippen molar-refractivity contribution in [1.29, 1.82) is 0 Å². The van der Waals surface area contributed by atoms with E-state index in [1.807, 2.05) is 0 Å². The normalized spacial score (nSPS) is 20.8. The fourth-order valence-electron chi connectivity index (χ4n) is 2.84. The van der Waals surface area contributed by atoms with Crippen molar-refractivity contribution in [3.05, 3.63) is 16.6 Å². The molecule has 0 aromatic carbocycles. The highest BCUT2D eigenvalue weighted by molar-refractivity contribution is 9.10. The number of fused-ring (bicyclic) bond motifs is 1. The van der Waals surface area contributed by atoms with E-state index < -0.39 is 0 Å². The van der Waals surface area contributed by atoms with Crippen LogP contribution in [0.1, 0.15) is 33.0 Å². The third kappa shape index (κ3) is 4.27. The number of anilines is 1. The summed E-state index contributed by atoms with van der Waals surface area (Å²) in [6.07, 6.45) is 2.91. The summed E-state index contributed by atoms with van der Waals surface area (Å²) in [6.45, 7) is 6.65. The molecule has 0 radical (unpaired) electrons. The van der Waals surface area contributed by atoms with Crippen LogP contribution < -0.4 is 5.32 Å². The van der Waals surface area contributed by atoms with Crippen LogP contribution in [-0.4, -0.2) is 50.9 Å². The minimum atomic E-state index is -0.352. The fraction of sp³-hybridized carbons (Fsp3) is 0.625. The maximum Gasteiger partial charge on any atom is 0.303 e. The number of rotatable bonds is 5. The number of aromatic nitrogens is 4. The lowest BCUT2D eigenvalue weighted by molar-refractivity contribution is -0.153. The van der Waals surface area contributed by atoms with E-state index in [0.717, 1.165) is 22.4 Å². The summed E-state index contributed by atoms with van der Waals surface area (Å²) >= 11 is 3.46. The summed E-state index contributed by atoms with van der Waals surface area (Å²) in [7, 11) is 0. The SMILES string of the molecule is CC(=O)O[C@@H]1COCC[C@H]1Nc1ncc2c(Br)nc(CC(C)C)n2n1. The van der Waals surface area contributed by atoms with E-state index in [9.17, 15) is 4.79 Å². The van der Waals surface area contributed by atoms with Crippen molar-refractivity contribution in [1.82, 2.24) is 19.6 Å². The highest BCUT2D eigenvalue weighted by Gasteiger charge is 2.29. The summed E-state index contributed by atoms with van der Waals surface area (Å²) in [5.41, 5.74) is 0.824. The van der Waals surface area contributed by atoms with Gasteiger partial charge in [-0.3, -0.25) is 4.79 Å². The molecule has 1 saturated heterocycles. The number of ether oxygens (including phenoxy) is 2. The lowest BCUT2D eigenvalue weighted by atomic mass is 10.1. The van der Waals surface area contributed by atoms with E-state index in [4.69, 9.17) is 9.47 Å². The van der Waals surface area contributed by atoms with Gasteiger partial charge in [0, 0.05) is 20.0 Å². The molecule has 2 aromatic rings. The Morgan fingerprint density at radius 1 is 1.56 bits per heavy atom. The Bertz CT molecular complexity index is 764. The molecular weight excluding hydrogens is 390 g/mol. The van der Waals surface area contributed by atoms with Gasteiger partial charge in [-0.05, 0) is 28.3 Å². The molecule has 0 spiro atoms. The van der Waals surface area contributed by atoms with Crippen molar-refractivity contribution in [2.75, 3.05) is 18.5 Å². The third-order valence-electron chi connectivity index (χ3n) is 3.94. The summed E-state index contributed by atoms with van der Waals surface area (Å²) < 4.78 is 13.3. The Balaban J connectivity index is 1.84. The van der Waals surface area contributed by atoms with Gasteiger partial charge in [0.25, 0.3) is 0 Å². The van der Waals surface area contributed by atoms with E-state index in [2.05, 4.69) is 50.2 Å². The zero-order valence-corrected chi connectivity index (χ0v) is 16.1. The standard InChI is InChI=1S/C16H22BrN5O3/c1-9(2)6-14-20-15(17)12-7-18-16(21-22(12)14)19-11-4-5-24-8-13(11)25-10(3)23/h7,9,11,13H,4-6,8H2,1-3H3,(H,19,21)/t11-,13-/m1/s1. The Morgan fingerprint density at radius 2 is 2.36 bits per heavy atom. The molecule has 1 N–H and O–H groups in total. The molecule has 9 heteroatoms. The molecule has 3 rings (SSSR count).